The molecular weight excluding hydrogens is 418 g/mol. The largest absolute Gasteiger partial charge is 0.480 e. The van der Waals surface area contributed by atoms with Crippen molar-refractivity contribution in [1.82, 2.24) is 10.6 Å². The number of benzene rings is 3. The molecule has 3 aromatic carbocycles. The fraction of sp³-hybridized carbons (Fsp3) is 0.208. The third-order valence-electron chi connectivity index (χ3n) is 4.93. The summed E-state index contributed by atoms with van der Waals surface area (Å²) in [6.07, 6.45) is -0.263. The molecule has 32 heavy (non-hydrogen) atoms. The number of rotatable bonds is 8. The molecule has 0 aromatic heterocycles. The summed E-state index contributed by atoms with van der Waals surface area (Å²) in [5.41, 5.74) is 0.855. The van der Waals surface area contributed by atoms with Crippen molar-refractivity contribution < 1.29 is 28.3 Å². The summed E-state index contributed by atoms with van der Waals surface area (Å²) in [6, 6.07) is 13.7. The second-order valence-electron chi connectivity index (χ2n) is 7.53. The number of halogens is 2. The lowest BCUT2D eigenvalue weighted by Crippen LogP contribution is -2.51. The van der Waals surface area contributed by atoms with Crippen LogP contribution in [0.25, 0.3) is 10.8 Å². The molecule has 3 N–H and O–H groups in total. The molecule has 0 spiro atoms. The summed E-state index contributed by atoms with van der Waals surface area (Å²) in [5.74, 6) is -4.13. The van der Waals surface area contributed by atoms with Crippen LogP contribution in [0.4, 0.5) is 8.78 Å². The Balaban J connectivity index is 1.60. The van der Waals surface area contributed by atoms with E-state index >= 15 is 0 Å². The van der Waals surface area contributed by atoms with E-state index in [1.165, 1.54) is 6.92 Å². The third kappa shape index (κ3) is 6.10. The summed E-state index contributed by atoms with van der Waals surface area (Å²) in [6.45, 7) is 1.40. The van der Waals surface area contributed by atoms with Crippen LogP contribution in [0.15, 0.2) is 60.7 Å². The van der Waals surface area contributed by atoms with E-state index in [-0.39, 0.29) is 18.4 Å². The molecule has 0 unspecified atom stereocenters. The predicted molar refractivity (Wildman–Crippen MR) is 115 cm³/mol. The first kappa shape index (κ1) is 22.9. The Morgan fingerprint density at radius 1 is 0.875 bits per heavy atom. The number of hydrogen-bond donors (Lipinski definition) is 3. The van der Waals surface area contributed by atoms with Gasteiger partial charge in [0.1, 0.15) is 23.7 Å². The van der Waals surface area contributed by atoms with Crippen molar-refractivity contribution in [2.24, 2.45) is 0 Å². The summed E-state index contributed by atoms with van der Waals surface area (Å²) in [7, 11) is 0. The summed E-state index contributed by atoms with van der Waals surface area (Å²) in [4.78, 5) is 36.3. The van der Waals surface area contributed by atoms with Crippen LogP contribution in [0.5, 0.6) is 0 Å². The highest BCUT2D eigenvalue weighted by atomic mass is 19.1. The molecule has 0 aliphatic carbocycles. The fourth-order valence-electron chi connectivity index (χ4n) is 3.35. The third-order valence-corrected chi connectivity index (χ3v) is 4.93. The van der Waals surface area contributed by atoms with Crippen molar-refractivity contribution in [3.05, 3.63) is 83.4 Å². The number of nitrogens with one attached hydrogen (secondary N) is 2. The van der Waals surface area contributed by atoms with Crippen LogP contribution in [0, 0.1) is 11.6 Å². The maximum Gasteiger partial charge on any atom is 0.326 e. The summed E-state index contributed by atoms with van der Waals surface area (Å²) in [5, 5.41) is 16.3. The van der Waals surface area contributed by atoms with Crippen LogP contribution < -0.4 is 10.6 Å². The molecule has 8 heteroatoms. The van der Waals surface area contributed by atoms with E-state index in [0.29, 0.717) is 6.07 Å². The van der Waals surface area contributed by atoms with Crippen molar-refractivity contribution >= 4 is 28.6 Å². The minimum absolute atomic E-state index is 0.0646. The number of carbonyl (C=O) groups excluding carboxylic acids is 2. The van der Waals surface area contributed by atoms with Crippen LogP contribution in [-0.2, 0) is 27.2 Å². The Hall–Kier alpha value is -3.81. The van der Waals surface area contributed by atoms with Crippen molar-refractivity contribution in [1.29, 1.82) is 0 Å². The molecule has 2 atom stereocenters. The molecule has 0 aliphatic rings. The Labute approximate surface area is 183 Å². The minimum Gasteiger partial charge on any atom is -0.480 e. The van der Waals surface area contributed by atoms with Crippen LogP contribution in [0.2, 0.25) is 0 Å². The topological polar surface area (TPSA) is 95.5 Å². The van der Waals surface area contributed by atoms with Crippen molar-refractivity contribution in [3.63, 3.8) is 0 Å². The molecular formula is C24H22F2N2O4. The first-order valence-electron chi connectivity index (χ1n) is 9.96. The summed E-state index contributed by atoms with van der Waals surface area (Å²) >= 11 is 0. The van der Waals surface area contributed by atoms with Crippen LogP contribution >= 0.6 is 0 Å². The lowest BCUT2D eigenvalue weighted by molar-refractivity contribution is -0.142. The van der Waals surface area contributed by atoms with Gasteiger partial charge in [-0.3, -0.25) is 9.59 Å². The average molecular weight is 440 g/mol. The van der Waals surface area contributed by atoms with Crippen LogP contribution in [-0.4, -0.2) is 35.0 Å². The molecule has 166 valence electrons. The number of hydrogen-bond acceptors (Lipinski definition) is 3. The Bertz CT molecular complexity index is 1150. The maximum absolute atomic E-state index is 13.3. The van der Waals surface area contributed by atoms with E-state index in [1.807, 2.05) is 36.4 Å². The smallest absolute Gasteiger partial charge is 0.326 e. The zero-order chi connectivity index (χ0) is 23.3. The number of carbonyl (C=O) groups is 3. The lowest BCUT2D eigenvalue weighted by atomic mass is 10.0. The lowest BCUT2D eigenvalue weighted by Gasteiger charge is -2.19. The van der Waals surface area contributed by atoms with E-state index in [9.17, 15) is 28.3 Å². The van der Waals surface area contributed by atoms with Gasteiger partial charge in [0.15, 0.2) is 0 Å². The van der Waals surface area contributed by atoms with E-state index in [4.69, 9.17) is 0 Å². The van der Waals surface area contributed by atoms with Crippen molar-refractivity contribution in [2.75, 3.05) is 0 Å². The standard InChI is InChI=1S/C24H22F2N2O4/c1-14(27-22(29)12-16-9-19(25)13-20(26)10-16)23(30)28-21(24(31)32)11-15-6-7-17-4-2-3-5-18(17)8-15/h2-10,13-14,21H,11-12H2,1H3,(H,27,29)(H,28,30)(H,31,32)/t14-,21-/m0/s1. The van der Waals surface area contributed by atoms with Gasteiger partial charge in [0, 0.05) is 12.5 Å². The highest BCUT2D eigenvalue weighted by Crippen LogP contribution is 2.17. The van der Waals surface area contributed by atoms with Gasteiger partial charge in [-0.15, -0.1) is 0 Å². The van der Waals surface area contributed by atoms with Crippen LogP contribution in [0.1, 0.15) is 18.1 Å². The molecule has 6 nitrogen and oxygen atoms in total. The maximum atomic E-state index is 13.3. The SMILES string of the molecule is C[C@H](NC(=O)Cc1cc(F)cc(F)c1)C(=O)N[C@@H](Cc1ccc2ccccc2c1)C(=O)O. The number of amides is 2. The van der Waals surface area contributed by atoms with Gasteiger partial charge >= 0.3 is 5.97 Å². The van der Waals surface area contributed by atoms with Gasteiger partial charge < -0.3 is 15.7 Å². The molecule has 0 saturated carbocycles. The van der Waals surface area contributed by atoms with Gasteiger partial charge in [0.25, 0.3) is 0 Å². The number of carboxylic acids is 1. The van der Waals surface area contributed by atoms with Crippen molar-refractivity contribution in [3.8, 4) is 0 Å². The van der Waals surface area contributed by atoms with Gasteiger partial charge in [-0.2, -0.15) is 0 Å². The second-order valence-corrected chi connectivity index (χ2v) is 7.53. The molecule has 3 aromatic rings. The molecule has 0 saturated heterocycles. The monoisotopic (exact) mass is 440 g/mol. The highest BCUT2D eigenvalue weighted by molar-refractivity contribution is 5.91. The van der Waals surface area contributed by atoms with E-state index in [1.54, 1.807) is 6.07 Å². The Kier molecular flexibility index (Phi) is 7.14. The molecule has 3 rings (SSSR count). The normalized spacial score (nSPS) is 12.7. The first-order valence-corrected chi connectivity index (χ1v) is 9.96. The second kappa shape index (κ2) is 10.00. The van der Waals surface area contributed by atoms with E-state index < -0.39 is 41.5 Å². The average Bonchev–Trinajstić information content (AvgIpc) is 2.72. The quantitative estimate of drug-likeness (QED) is 0.502. The molecule has 0 fully saturated rings. The number of fused-ring (bicyclic) bond motifs is 1. The van der Waals surface area contributed by atoms with E-state index in [2.05, 4.69) is 10.6 Å². The van der Waals surface area contributed by atoms with E-state index in [0.717, 1.165) is 28.5 Å². The zero-order valence-corrected chi connectivity index (χ0v) is 17.3. The Morgan fingerprint density at radius 2 is 1.53 bits per heavy atom. The van der Waals surface area contributed by atoms with Gasteiger partial charge in [-0.1, -0.05) is 42.5 Å². The highest BCUT2D eigenvalue weighted by Gasteiger charge is 2.24. The van der Waals surface area contributed by atoms with Gasteiger partial charge in [-0.25, -0.2) is 13.6 Å². The number of carboxylic acid groups (broad SMARTS) is 1. The molecule has 0 heterocycles. The minimum atomic E-state index is -1.21. The van der Waals surface area contributed by atoms with Gasteiger partial charge in [0.05, 0.1) is 6.42 Å². The van der Waals surface area contributed by atoms with Gasteiger partial charge in [0.2, 0.25) is 11.8 Å². The molecule has 0 bridgehead atoms. The van der Waals surface area contributed by atoms with Crippen molar-refractivity contribution in [2.45, 2.75) is 31.8 Å². The fourth-order valence-corrected chi connectivity index (χ4v) is 3.35. The zero-order valence-electron chi connectivity index (χ0n) is 17.3. The van der Waals surface area contributed by atoms with Crippen LogP contribution in [0.3, 0.4) is 0 Å². The Morgan fingerprint density at radius 3 is 2.19 bits per heavy atom. The molecule has 0 aliphatic heterocycles. The van der Waals surface area contributed by atoms with Gasteiger partial charge in [-0.05, 0) is 41.0 Å². The molecule has 2 amide bonds. The summed E-state index contributed by atoms with van der Waals surface area (Å²) < 4.78 is 26.5. The predicted octanol–water partition coefficient (Wildman–Crippen LogP) is 2.98. The first-order chi connectivity index (χ1) is 15.2. The molecule has 0 radical (unpaired) electrons. The number of aliphatic carboxylic acids is 1.